The topological polar surface area (TPSA) is 49.4 Å². The second-order valence-electron chi connectivity index (χ2n) is 7.36. The first kappa shape index (κ1) is 21.7. The summed E-state index contributed by atoms with van der Waals surface area (Å²) in [6.45, 7) is 11.0. The lowest BCUT2D eigenvalue weighted by Crippen LogP contribution is -2.49. The number of hydrogen-bond acceptors (Lipinski definition) is 2. The summed E-state index contributed by atoms with van der Waals surface area (Å²) in [4.78, 5) is 27.7. The molecule has 1 N–H and O–H groups in total. The first-order valence-corrected chi connectivity index (χ1v) is 10.0. The standard InChI is InChI=1S/C24H32N2O2/c1-6-22(24(28)25-7-2)26(16-21-11-9-8-10-18(21)4)23(27)15-20-13-12-17(3)19(5)14-20/h8-14,22H,6-7,15-16H2,1-5H3,(H,25,28)/t22-/m1/s1. The molecule has 0 radical (unpaired) electrons. The van der Waals surface area contributed by atoms with Crippen LogP contribution in [0.3, 0.4) is 0 Å². The summed E-state index contributed by atoms with van der Waals surface area (Å²) >= 11 is 0. The van der Waals surface area contributed by atoms with Crippen LogP contribution in [0, 0.1) is 20.8 Å². The fourth-order valence-electron chi connectivity index (χ4n) is 3.37. The van der Waals surface area contributed by atoms with Gasteiger partial charge in [-0.2, -0.15) is 0 Å². The molecule has 2 aromatic carbocycles. The normalized spacial score (nSPS) is 11.8. The number of nitrogens with zero attached hydrogens (tertiary/aromatic N) is 1. The van der Waals surface area contributed by atoms with Crippen LogP contribution in [-0.4, -0.2) is 29.3 Å². The molecule has 2 amide bonds. The van der Waals surface area contributed by atoms with E-state index in [1.807, 2.05) is 57.2 Å². The third kappa shape index (κ3) is 5.44. The Hall–Kier alpha value is -2.62. The summed E-state index contributed by atoms with van der Waals surface area (Å²) < 4.78 is 0. The van der Waals surface area contributed by atoms with E-state index in [1.54, 1.807) is 4.90 Å². The lowest BCUT2D eigenvalue weighted by atomic mass is 10.0. The van der Waals surface area contributed by atoms with Crippen molar-refractivity contribution in [1.29, 1.82) is 0 Å². The van der Waals surface area contributed by atoms with Gasteiger partial charge in [-0.15, -0.1) is 0 Å². The molecule has 0 saturated heterocycles. The molecular formula is C24H32N2O2. The number of hydrogen-bond donors (Lipinski definition) is 1. The molecule has 2 rings (SSSR count). The maximum atomic E-state index is 13.3. The maximum Gasteiger partial charge on any atom is 0.242 e. The molecule has 2 aromatic rings. The van der Waals surface area contributed by atoms with Crippen LogP contribution in [0.1, 0.15) is 48.1 Å². The number of carbonyl (C=O) groups excluding carboxylic acids is 2. The molecule has 0 spiro atoms. The largest absolute Gasteiger partial charge is 0.355 e. The molecule has 4 heteroatoms. The molecule has 0 heterocycles. The molecule has 4 nitrogen and oxygen atoms in total. The number of amides is 2. The second kappa shape index (κ2) is 10.1. The van der Waals surface area contributed by atoms with Gasteiger partial charge in [-0.1, -0.05) is 49.4 Å². The van der Waals surface area contributed by atoms with Crippen molar-refractivity contribution in [3.63, 3.8) is 0 Å². The van der Waals surface area contributed by atoms with Crippen molar-refractivity contribution in [2.45, 2.75) is 60.0 Å². The molecule has 0 aromatic heterocycles. The van der Waals surface area contributed by atoms with E-state index in [0.29, 0.717) is 25.9 Å². The van der Waals surface area contributed by atoms with Gasteiger partial charge in [-0.25, -0.2) is 0 Å². The molecule has 1 atom stereocenters. The van der Waals surface area contributed by atoms with Crippen molar-refractivity contribution >= 4 is 11.8 Å². The molecule has 0 unspecified atom stereocenters. The number of aryl methyl sites for hydroxylation is 3. The highest BCUT2D eigenvalue weighted by Gasteiger charge is 2.28. The highest BCUT2D eigenvalue weighted by molar-refractivity contribution is 5.88. The lowest BCUT2D eigenvalue weighted by molar-refractivity contribution is -0.140. The van der Waals surface area contributed by atoms with Crippen LogP contribution in [0.5, 0.6) is 0 Å². The van der Waals surface area contributed by atoms with Crippen LogP contribution in [0.2, 0.25) is 0 Å². The van der Waals surface area contributed by atoms with Gasteiger partial charge in [-0.05, 0) is 61.9 Å². The van der Waals surface area contributed by atoms with E-state index in [4.69, 9.17) is 0 Å². The summed E-state index contributed by atoms with van der Waals surface area (Å²) in [6, 6.07) is 13.7. The molecule has 0 aliphatic rings. The average Bonchev–Trinajstić information content (AvgIpc) is 2.66. The van der Waals surface area contributed by atoms with E-state index in [1.165, 1.54) is 11.1 Å². The minimum atomic E-state index is -0.474. The maximum absolute atomic E-state index is 13.3. The number of benzene rings is 2. The van der Waals surface area contributed by atoms with Crippen molar-refractivity contribution in [2.75, 3.05) is 6.54 Å². The SMILES string of the molecule is CCNC(=O)[C@@H](CC)N(Cc1ccccc1C)C(=O)Cc1ccc(C)c(C)c1. The third-order valence-electron chi connectivity index (χ3n) is 5.27. The Kier molecular flexibility index (Phi) is 7.80. The van der Waals surface area contributed by atoms with Gasteiger partial charge in [0.25, 0.3) is 0 Å². The van der Waals surface area contributed by atoms with E-state index in [2.05, 4.69) is 25.2 Å². The first-order valence-electron chi connectivity index (χ1n) is 10.0. The Labute approximate surface area is 169 Å². The van der Waals surface area contributed by atoms with Crippen LogP contribution in [0.15, 0.2) is 42.5 Å². The predicted molar refractivity (Wildman–Crippen MR) is 114 cm³/mol. The first-order chi connectivity index (χ1) is 13.4. The van der Waals surface area contributed by atoms with Gasteiger partial charge < -0.3 is 10.2 Å². The smallest absolute Gasteiger partial charge is 0.242 e. The molecule has 0 aliphatic carbocycles. The molecule has 0 fully saturated rings. The zero-order chi connectivity index (χ0) is 20.7. The van der Waals surface area contributed by atoms with Crippen molar-refractivity contribution in [1.82, 2.24) is 10.2 Å². The number of rotatable bonds is 8. The van der Waals surface area contributed by atoms with Crippen LogP contribution >= 0.6 is 0 Å². The third-order valence-corrected chi connectivity index (χ3v) is 5.27. The molecule has 150 valence electrons. The quantitative estimate of drug-likeness (QED) is 0.750. The lowest BCUT2D eigenvalue weighted by Gasteiger charge is -2.31. The average molecular weight is 381 g/mol. The Morgan fingerprint density at radius 2 is 1.68 bits per heavy atom. The van der Waals surface area contributed by atoms with Gasteiger partial charge in [0.2, 0.25) is 11.8 Å². The Bertz CT molecular complexity index is 829. The van der Waals surface area contributed by atoms with Crippen LogP contribution < -0.4 is 5.32 Å². The zero-order valence-electron chi connectivity index (χ0n) is 17.7. The highest BCUT2D eigenvalue weighted by atomic mass is 16.2. The van der Waals surface area contributed by atoms with Crippen molar-refractivity contribution < 1.29 is 9.59 Å². The minimum Gasteiger partial charge on any atom is -0.355 e. The highest BCUT2D eigenvalue weighted by Crippen LogP contribution is 2.18. The Morgan fingerprint density at radius 3 is 2.29 bits per heavy atom. The van der Waals surface area contributed by atoms with E-state index < -0.39 is 6.04 Å². The fraction of sp³-hybridized carbons (Fsp3) is 0.417. The minimum absolute atomic E-state index is 0.0235. The molecule has 0 saturated carbocycles. The predicted octanol–water partition coefficient (Wildman–Crippen LogP) is 4.10. The van der Waals surface area contributed by atoms with E-state index in [0.717, 1.165) is 16.7 Å². The van der Waals surface area contributed by atoms with Gasteiger partial charge in [0.05, 0.1) is 6.42 Å². The second-order valence-corrected chi connectivity index (χ2v) is 7.36. The summed E-state index contributed by atoms with van der Waals surface area (Å²) in [5.41, 5.74) is 5.55. The van der Waals surface area contributed by atoms with E-state index >= 15 is 0 Å². The van der Waals surface area contributed by atoms with Crippen molar-refractivity contribution in [3.8, 4) is 0 Å². The number of likely N-dealkylation sites (N-methyl/N-ethyl adjacent to an activating group) is 1. The van der Waals surface area contributed by atoms with E-state index in [-0.39, 0.29) is 11.8 Å². The summed E-state index contributed by atoms with van der Waals surface area (Å²) in [5.74, 6) is -0.114. The van der Waals surface area contributed by atoms with Gasteiger partial charge in [0.1, 0.15) is 6.04 Å². The summed E-state index contributed by atoms with van der Waals surface area (Å²) in [6.07, 6.45) is 0.874. The Morgan fingerprint density at radius 1 is 0.964 bits per heavy atom. The fourth-order valence-corrected chi connectivity index (χ4v) is 3.37. The van der Waals surface area contributed by atoms with Gasteiger partial charge in [-0.3, -0.25) is 9.59 Å². The number of nitrogens with one attached hydrogen (secondary N) is 1. The monoisotopic (exact) mass is 380 g/mol. The van der Waals surface area contributed by atoms with Crippen molar-refractivity contribution in [2.24, 2.45) is 0 Å². The van der Waals surface area contributed by atoms with Gasteiger partial charge in [0.15, 0.2) is 0 Å². The molecular weight excluding hydrogens is 348 g/mol. The van der Waals surface area contributed by atoms with Crippen molar-refractivity contribution in [3.05, 3.63) is 70.3 Å². The van der Waals surface area contributed by atoms with Crippen LogP contribution in [0.4, 0.5) is 0 Å². The van der Waals surface area contributed by atoms with E-state index in [9.17, 15) is 9.59 Å². The van der Waals surface area contributed by atoms with Crippen LogP contribution in [0.25, 0.3) is 0 Å². The number of carbonyl (C=O) groups is 2. The summed E-state index contributed by atoms with van der Waals surface area (Å²) in [5, 5.41) is 2.88. The molecule has 0 bridgehead atoms. The molecule has 0 aliphatic heterocycles. The van der Waals surface area contributed by atoms with Gasteiger partial charge in [0, 0.05) is 13.1 Å². The van der Waals surface area contributed by atoms with Crippen LogP contribution in [-0.2, 0) is 22.6 Å². The molecule has 28 heavy (non-hydrogen) atoms. The van der Waals surface area contributed by atoms with Gasteiger partial charge >= 0.3 is 0 Å². The zero-order valence-corrected chi connectivity index (χ0v) is 17.7. The Balaban J connectivity index is 2.32. The summed E-state index contributed by atoms with van der Waals surface area (Å²) in [7, 11) is 0.